The molecular formula is C25H32Cl2N2O2. The van der Waals surface area contributed by atoms with E-state index < -0.39 is 0 Å². The monoisotopic (exact) mass is 462 g/mol. The molecule has 0 spiro atoms. The minimum atomic E-state index is 0. The van der Waals surface area contributed by atoms with E-state index in [1.165, 1.54) is 11.1 Å². The number of aliphatic hydroxyl groups is 1. The third-order valence-electron chi connectivity index (χ3n) is 6.00. The fourth-order valence-corrected chi connectivity index (χ4v) is 4.58. The fraction of sp³-hybridized carbons (Fsp3) is 0.360. The summed E-state index contributed by atoms with van der Waals surface area (Å²) in [4.78, 5) is 4.95. The van der Waals surface area contributed by atoms with Gasteiger partial charge in [0.05, 0.1) is 18.7 Å². The molecule has 1 unspecified atom stereocenters. The first-order chi connectivity index (χ1) is 14.2. The van der Waals surface area contributed by atoms with Crippen LogP contribution in [0.15, 0.2) is 71.1 Å². The quantitative estimate of drug-likeness (QED) is 0.547. The van der Waals surface area contributed by atoms with Crippen molar-refractivity contribution in [1.82, 2.24) is 9.80 Å². The van der Waals surface area contributed by atoms with Gasteiger partial charge in [-0.25, -0.2) is 0 Å². The molecule has 1 aliphatic heterocycles. The molecule has 31 heavy (non-hydrogen) atoms. The van der Waals surface area contributed by atoms with E-state index in [1.807, 2.05) is 13.8 Å². The largest absolute Gasteiger partial charge is 0.466 e. The van der Waals surface area contributed by atoms with Crippen molar-refractivity contribution in [3.05, 3.63) is 94.9 Å². The molecular weight excluding hydrogens is 431 g/mol. The van der Waals surface area contributed by atoms with Crippen molar-refractivity contribution in [3.8, 4) is 0 Å². The number of piperazine rings is 1. The third kappa shape index (κ3) is 5.71. The van der Waals surface area contributed by atoms with Crippen molar-refractivity contribution in [1.29, 1.82) is 0 Å². The molecule has 168 valence electrons. The highest BCUT2D eigenvalue weighted by atomic mass is 35.5. The molecule has 2 heterocycles. The van der Waals surface area contributed by atoms with Crippen molar-refractivity contribution < 1.29 is 9.52 Å². The Hall–Kier alpha value is -1.82. The molecule has 1 aliphatic rings. The maximum absolute atomic E-state index is 10.1. The molecule has 1 atom stereocenters. The van der Waals surface area contributed by atoms with Crippen molar-refractivity contribution in [2.24, 2.45) is 0 Å². The number of benzene rings is 2. The molecule has 1 aromatic heterocycles. The van der Waals surface area contributed by atoms with Gasteiger partial charge in [0.25, 0.3) is 0 Å². The summed E-state index contributed by atoms with van der Waals surface area (Å²) in [5, 5.41) is 10.1. The fourth-order valence-electron chi connectivity index (χ4n) is 4.58. The van der Waals surface area contributed by atoms with Gasteiger partial charge in [-0.2, -0.15) is 0 Å². The molecule has 0 radical (unpaired) electrons. The third-order valence-corrected chi connectivity index (χ3v) is 6.00. The maximum Gasteiger partial charge on any atom is 0.105 e. The lowest BCUT2D eigenvalue weighted by atomic mass is 9.96. The van der Waals surface area contributed by atoms with Crippen LogP contribution in [0.25, 0.3) is 0 Å². The van der Waals surface area contributed by atoms with Gasteiger partial charge in [0, 0.05) is 31.7 Å². The number of furan rings is 1. The molecule has 0 saturated carbocycles. The number of aryl methyl sites for hydroxylation is 2. The standard InChI is InChI=1S/C25H30N2O2.2ClH/c1-19-17-23(20(2)29-19)24(18-28)26-13-15-27(16-14-26)25(21-9-5-3-6-10-21)22-11-7-4-8-12-22;;/h3-12,17,24-25,28H,13-16,18H2,1-2H3;2*1H. The second-order valence-corrected chi connectivity index (χ2v) is 7.86. The SMILES string of the molecule is Cc1cc(C(CO)N2CCN(C(c3ccccc3)c3ccccc3)CC2)c(C)o1.Cl.Cl. The number of halogens is 2. The van der Waals surface area contributed by atoms with E-state index in [2.05, 4.69) is 76.5 Å². The number of aliphatic hydroxyl groups excluding tert-OH is 1. The first-order valence-electron chi connectivity index (χ1n) is 10.4. The van der Waals surface area contributed by atoms with Crippen LogP contribution >= 0.6 is 24.8 Å². The molecule has 0 bridgehead atoms. The Labute approximate surface area is 197 Å². The zero-order chi connectivity index (χ0) is 20.2. The van der Waals surface area contributed by atoms with Crippen LogP contribution < -0.4 is 0 Å². The van der Waals surface area contributed by atoms with Crippen LogP contribution in [-0.2, 0) is 0 Å². The lowest BCUT2D eigenvalue weighted by Gasteiger charge is -2.42. The Morgan fingerprint density at radius 3 is 1.71 bits per heavy atom. The van der Waals surface area contributed by atoms with E-state index in [4.69, 9.17) is 4.42 Å². The van der Waals surface area contributed by atoms with Gasteiger partial charge < -0.3 is 9.52 Å². The molecule has 6 heteroatoms. The smallest absolute Gasteiger partial charge is 0.105 e. The minimum absolute atomic E-state index is 0. The Morgan fingerprint density at radius 2 is 1.29 bits per heavy atom. The van der Waals surface area contributed by atoms with Crippen LogP contribution in [0.4, 0.5) is 0 Å². The summed E-state index contributed by atoms with van der Waals surface area (Å²) in [7, 11) is 0. The highest BCUT2D eigenvalue weighted by molar-refractivity contribution is 5.85. The van der Waals surface area contributed by atoms with E-state index >= 15 is 0 Å². The van der Waals surface area contributed by atoms with Gasteiger partial charge in [0.2, 0.25) is 0 Å². The molecule has 1 saturated heterocycles. The summed E-state index contributed by atoms with van der Waals surface area (Å²) >= 11 is 0. The van der Waals surface area contributed by atoms with Crippen LogP contribution in [0.3, 0.4) is 0 Å². The number of rotatable bonds is 6. The summed E-state index contributed by atoms with van der Waals surface area (Å²) in [6, 6.07) is 23.8. The Bertz CT molecular complexity index is 870. The maximum atomic E-state index is 10.1. The summed E-state index contributed by atoms with van der Waals surface area (Å²) in [6.45, 7) is 7.83. The summed E-state index contributed by atoms with van der Waals surface area (Å²) in [5.74, 6) is 1.82. The van der Waals surface area contributed by atoms with Gasteiger partial charge in [-0.1, -0.05) is 60.7 Å². The van der Waals surface area contributed by atoms with Gasteiger partial charge in [0.15, 0.2) is 0 Å². The highest BCUT2D eigenvalue weighted by Gasteiger charge is 2.30. The average Bonchev–Trinajstić information content (AvgIpc) is 3.09. The van der Waals surface area contributed by atoms with Crippen LogP contribution in [0.5, 0.6) is 0 Å². The predicted molar refractivity (Wildman–Crippen MR) is 130 cm³/mol. The molecule has 3 aromatic rings. The lowest BCUT2D eigenvalue weighted by molar-refractivity contribution is 0.0527. The molecule has 4 rings (SSSR count). The van der Waals surface area contributed by atoms with Gasteiger partial charge in [-0.15, -0.1) is 24.8 Å². The minimum Gasteiger partial charge on any atom is -0.466 e. The predicted octanol–water partition coefficient (Wildman–Crippen LogP) is 5.18. The number of hydrogen-bond acceptors (Lipinski definition) is 4. The second kappa shape index (κ2) is 11.7. The Balaban J connectivity index is 0.00000171. The first-order valence-corrected chi connectivity index (χ1v) is 10.4. The van der Waals surface area contributed by atoms with Gasteiger partial charge >= 0.3 is 0 Å². The molecule has 2 aromatic carbocycles. The highest BCUT2D eigenvalue weighted by Crippen LogP contribution is 2.32. The topological polar surface area (TPSA) is 39.9 Å². The first kappa shape index (κ1) is 25.4. The van der Waals surface area contributed by atoms with Crippen LogP contribution in [0, 0.1) is 13.8 Å². The molecule has 0 aliphatic carbocycles. The Morgan fingerprint density at radius 1 is 0.806 bits per heavy atom. The molecule has 0 amide bonds. The number of hydrogen-bond donors (Lipinski definition) is 1. The van der Waals surface area contributed by atoms with Gasteiger partial charge in [-0.05, 0) is 31.0 Å². The molecule has 4 nitrogen and oxygen atoms in total. The van der Waals surface area contributed by atoms with Crippen LogP contribution in [0.2, 0.25) is 0 Å². The normalized spacial score (nSPS) is 15.9. The van der Waals surface area contributed by atoms with E-state index in [0.717, 1.165) is 43.3 Å². The van der Waals surface area contributed by atoms with Crippen molar-refractivity contribution >= 4 is 24.8 Å². The zero-order valence-electron chi connectivity index (χ0n) is 18.1. The van der Waals surface area contributed by atoms with Crippen molar-refractivity contribution in [3.63, 3.8) is 0 Å². The molecule has 1 N–H and O–H groups in total. The van der Waals surface area contributed by atoms with Crippen LogP contribution in [-0.4, -0.2) is 47.7 Å². The Kier molecular flexibility index (Phi) is 9.60. The number of nitrogens with zero attached hydrogens (tertiary/aromatic N) is 2. The lowest BCUT2D eigenvalue weighted by Crippen LogP contribution is -2.49. The van der Waals surface area contributed by atoms with E-state index in [0.29, 0.717) is 0 Å². The van der Waals surface area contributed by atoms with E-state index in [1.54, 1.807) is 0 Å². The van der Waals surface area contributed by atoms with E-state index in [9.17, 15) is 5.11 Å². The van der Waals surface area contributed by atoms with E-state index in [-0.39, 0.29) is 43.5 Å². The van der Waals surface area contributed by atoms with Crippen LogP contribution in [0.1, 0.15) is 40.3 Å². The van der Waals surface area contributed by atoms with Crippen molar-refractivity contribution in [2.45, 2.75) is 25.9 Å². The summed E-state index contributed by atoms with van der Waals surface area (Å²) in [5.41, 5.74) is 3.76. The summed E-state index contributed by atoms with van der Waals surface area (Å²) in [6.07, 6.45) is 0. The molecule has 1 fully saturated rings. The van der Waals surface area contributed by atoms with Gasteiger partial charge in [0.1, 0.15) is 11.5 Å². The van der Waals surface area contributed by atoms with Crippen molar-refractivity contribution in [2.75, 3.05) is 32.8 Å². The zero-order valence-corrected chi connectivity index (χ0v) is 19.7. The van der Waals surface area contributed by atoms with Gasteiger partial charge in [-0.3, -0.25) is 9.80 Å². The summed E-state index contributed by atoms with van der Waals surface area (Å²) < 4.78 is 5.71. The second-order valence-electron chi connectivity index (χ2n) is 7.86. The average molecular weight is 463 g/mol.